The van der Waals surface area contributed by atoms with Crippen LogP contribution in [0.15, 0.2) is 12.1 Å². The zero-order chi connectivity index (χ0) is 18.9. The molecule has 0 bridgehead atoms. The summed E-state index contributed by atoms with van der Waals surface area (Å²) < 4.78 is 20.4. The smallest absolute Gasteiger partial charge is 0.412 e. The fourth-order valence-electron chi connectivity index (χ4n) is 3.76. The van der Waals surface area contributed by atoms with Gasteiger partial charge in [0.2, 0.25) is 5.91 Å². The molecule has 1 aromatic rings. The molecular weight excluding hydrogens is 361 g/mol. The topological polar surface area (TPSA) is 84.7 Å². The number of nitrogens with one attached hydrogen (secondary N) is 1. The lowest BCUT2D eigenvalue weighted by Crippen LogP contribution is -2.56. The summed E-state index contributed by atoms with van der Waals surface area (Å²) in [6.45, 7) is 2.60. The Bertz CT molecular complexity index is 730. The molecule has 6 nitrogen and oxygen atoms in total. The van der Waals surface area contributed by atoms with Crippen molar-refractivity contribution in [1.29, 1.82) is 0 Å². The second-order valence-corrected chi connectivity index (χ2v) is 7.36. The van der Waals surface area contributed by atoms with Crippen LogP contribution in [0.2, 0.25) is 5.02 Å². The van der Waals surface area contributed by atoms with Crippen molar-refractivity contribution < 1.29 is 18.7 Å². The molecule has 1 spiro atoms. The minimum absolute atomic E-state index is 0.00900. The standard InChI is InChI=1S/C18H23ClFN3O3/c1-11-7-8-18(10-23(11)14(24)4-2-3-9-21)15-13(22-17(25)26-18)6-5-12(19)16(15)20/h5-6,11H,2-4,7-10,21H2,1H3,(H,22,25). The molecule has 2 unspecified atom stereocenters. The molecule has 0 saturated carbocycles. The van der Waals surface area contributed by atoms with Gasteiger partial charge in [0.05, 0.1) is 22.8 Å². The fourth-order valence-corrected chi connectivity index (χ4v) is 3.92. The van der Waals surface area contributed by atoms with Gasteiger partial charge in [-0.15, -0.1) is 0 Å². The van der Waals surface area contributed by atoms with Crippen LogP contribution in [-0.4, -0.2) is 36.0 Å². The molecule has 0 aliphatic carbocycles. The molecule has 3 N–H and O–H groups in total. The van der Waals surface area contributed by atoms with E-state index in [0.29, 0.717) is 37.9 Å². The lowest BCUT2D eigenvalue weighted by molar-refractivity contribution is -0.143. The highest BCUT2D eigenvalue weighted by Crippen LogP contribution is 2.46. The monoisotopic (exact) mass is 383 g/mol. The van der Waals surface area contributed by atoms with Crippen molar-refractivity contribution in [2.75, 3.05) is 18.4 Å². The molecule has 26 heavy (non-hydrogen) atoms. The zero-order valence-corrected chi connectivity index (χ0v) is 15.4. The molecule has 2 amide bonds. The highest BCUT2D eigenvalue weighted by atomic mass is 35.5. The molecule has 2 atom stereocenters. The van der Waals surface area contributed by atoms with Crippen molar-refractivity contribution in [2.45, 2.75) is 50.7 Å². The number of anilines is 1. The number of amides is 2. The molecule has 2 heterocycles. The van der Waals surface area contributed by atoms with E-state index in [-0.39, 0.29) is 29.1 Å². The van der Waals surface area contributed by atoms with Crippen LogP contribution in [0.25, 0.3) is 0 Å². The summed E-state index contributed by atoms with van der Waals surface area (Å²) in [5.74, 6) is -0.655. The Morgan fingerprint density at radius 2 is 2.27 bits per heavy atom. The second kappa shape index (κ2) is 7.40. The van der Waals surface area contributed by atoms with Crippen LogP contribution in [0, 0.1) is 5.82 Å². The van der Waals surface area contributed by atoms with Crippen LogP contribution in [-0.2, 0) is 15.1 Å². The summed E-state index contributed by atoms with van der Waals surface area (Å²) >= 11 is 5.96. The third-order valence-corrected chi connectivity index (χ3v) is 5.46. The molecular formula is C18H23ClFN3O3. The van der Waals surface area contributed by atoms with Crippen molar-refractivity contribution in [1.82, 2.24) is 4.90 Å². The molecule has 142 valence electrons. The average Bonchev–Trinajstić information content (AvgIpc) is 2.60. The van der Waals surface area contributed by atoms with Gasteiger partial charge in [-0.1, -0.05) is 11.6 Å². The predicted molar refractivity (Wildman–Crippen MR) is 96.5 cm³/mol. The number of unbranched alkanes of at least 4 members (excludes halogenated alkanes) is 1. The fraction of sp³-hybridized carbons (Fsp3) is 0.556. The Kier molecular flexibility index (Phi) is 5.39. The van der Waals surface area contributed by atoms with Gasteiger partial charge in [0.1, 0.15) is 0 Å². The minimum Gasteiger partial charge on any atom is -0.436 e. The first-order valence-electron chi connectivity index (χ1n) is 8.86. The summed E-state index contributed by atoms with van der Waals surface area (Å²) in [4.78, 5) is 26.4. The number of halogens is 2. The van der Waals surface area contributed by atoms with E-state index in [4.69, 9.17) is 22.1 Å². The number of nitrogens with zero attached hydrogens (tertiary/aromatic N) is 1. The van der Waals surface area contributed by atoms with Gasteiger partial charge in [-0.2, -0.15) is 0 Å². The highest BCUT2D eigenvalue weighted by molar-refractivity contribution is 6.31. The van der Waals surface area contributed by atoms with Crippen molar-refractivity contribution in [3.8, 4) is 0 Å². The van der Waals surface area contributed by atoms with Crippen molar-refractivity contribution >= 4 is 29.3 Å². The SMILES string of the molecule is CC1CCC2(CN1C(=O)CCCCN)OC(=O)Nc1ccc(Cl)c(F)c12. The van der Waals surface area contributed by atoms with Crippen LogP contribution < -0.4 is 11.1 Å². The van der Waals surface area contributed by atoms with E-state index in [0.717, 1.165) is 6.42 Å². The van der Waals surface area contributed by atoms with Gasteiger partial charge in [0.15, 0.2) is 11.4 Å². The number of benzene rings is 1. The van der Waals surface area contributed by atoms with Crippen molar-refractivity contribution in [2.24, 2.45) is 5.73 Å². The number of hydrogen-bond donors (Lipinski definition) is 2. The number of nitrogens with two attached hydrogens (primary N) is 1. The van der Waals surface area contributed by atoms with E-state index in [1.807, 2.05) is 6.92 Å². The Labute approximate surface area is 156 Å². The largest absolute Gasteiger partial charge is 0.436 e. The number of piperidine rings is 1. The van der Waals surface area contributed by atoms with Gasteiger partial charge >= 0.3 is 6.09 Å². The van der Waals surface area contributed by atoms with E-state index in [9.17, 15) is 14.0 Å². The lowest BCUT2D eigenvalue weighted by Gasteiger charge is -2.47. The Balaban J connectivity index is 1.94. The molecule has 2 aliphatic heterocycles. The molecule has 1 aromatic carbocycles. The first-order chi connectivity index (χ1) is 12.4. The number of carbonyl (C=O) groups excluding carboxylic acids is 2. The average molecular weight is 384 g/mol. The summed E-state index contributed by atoms with van der Waals surface area (Å²) in [7, 11) is 0. The van der Waals surface area contributed by atoms with Crippen molar-refractivity contribution in [3.63, 3.8) is 0 Å². The molecule has 0 radical (unpaired) electrons. The Morgan fingerprint density at radius 3 is 3.00 bits per heavy atom. The highest BCUT2D eigenvalue weighted by Gasteiger charge is 2.49. The van der Waals surface area contributed by atoms with Gasteiger partial charge < -0.3 is 15.4 Å². The van der Waals surface area contributed by atoms with Crippen molar-refractivity contribution in [3.05, 3.63) is 28.5 Å². The summed E-state index contributed by atoms with van der Waals surface area (Å²) in [6.07, 6.45) is 2.22. The minimum atomic E-state index is -1.22. The van der Waals surface area contributed by atoms with Crippen LogP contribution >= 0.6 is 11.6 Å². The van der Waals surface area contributed by atoms with E-state index in [2.05, 4.69) is 5.32 Å². The normalized spacial score (nSPS) is 24.8. The maximum atomic E-state index is 14.8. The Hall–Kier alpha value is -1.86. The van der Waals surface area contributed by atoms with E-state index >= 15 is 0 Å². The third-order valence-electron chi connectivity index (χ3n) is 5.16. The first kappa shape index (κ1) is 18.9. The second-order valence-electron chi connectivity index (χ2n) is 6.95. The van der Waals surface area contributed by atoms with E-state index in [1.165, 1.54) is 6.07 Å². The van der Waals surface area contributed by atoms with Crippen LogP contribution in [0.4, 0.5) is 14.9 Å². The lowest BCUT2D eigenvalue weighted by atomic mass is 9.81. The molecule has 0 aromatic heterocycles. The maximum Gasteiger partial charge on any atom is 0.412 e. The number of carbonyl (C=O) groups is 2. The molecule has 1 fully saturated rings. The van der Waals surface area contributed by atoms with Gasteiger partial charge in [0, 0.05) is 12.5 Å². The quantitative estimate of drug-likeness (QED) is 0.780. The van der Waals surface area contributed by atoms with Crippen LogP contribution in [0.5, 0.6) is 0 Å². The van der Waals surface area contributed by atoms with E-state index < -0.39 is 17.5 Å². The molecule has 8 heteroatoms. The van der Waals surface area contributed by atoms with Gasteiger partial charge in [0.25, 0.3) is 0 Å². The van der Waals surface area contributed by atoms with Crippen LogP contribution in [0.1, 0.15) is 44.6 Å². The number of likely N-dealkylation sites (tertiary alicyclic amines) is 1. The van der Waals surface area contributed by atoms with Crippen LogP contribution in [0.3, 0.4) is 0 Å². The number of fused-ring (bicyclic) bond motifs is 2. The zero-order valence-electron chi connectivity index (χ0n) is 14.7. The Morgan fingerprint density at radius 1 is 1.50 bits per heavy atom. The summed E-state index contributed by atoms with van der Waals surface area (Å²) in [5.41, 5.74) is 4.83. The predicted octanol–water partition coefficient (Wildman–Crippen LogP) is 3.38. The number of hydrogen-bond acceptors (Lipinski definition) is 4. The first-order valence-corrected chi connectivity index (χ1v) is 9.24. The number of rotatable bonds is 4. The summed E-state index contributed by atoms with van der Waals surface area (Å²) in [6, 6.07) is 2.95. The number of ether oxygens (including phenoxy) is 1. The van der Waals surface area contributed by atoms with Gasteiger partial charge in [-0.25, -0.2) is 9.18 Å². The summed E-state index contributed by atoms with van der Waals surface area (Å²) in [5, 5.41) is 2.48. The maximum absolute atomic E-state index is 14.8. The molecule has 2 aliphatic rings. The van der Waals surface area contributed by atoms with E-state index in [1.54, 1.807) is 11.0 Å². The molecule has 3 rings (SSSR count). The van der Waals surface area contributed by atoms with Gasteiger partial charge in [-0.05, 0) is 51.3 Å². The van der Waals surface area contributed by atoms with Gasteiger partial charge in [-0.3, -0.25) is 10.1 Å². The molecule has 1 saturated heterocycles. The third kappa shape index (κ3) is 3.38.